The molecule has 2 aromatic carbocycles. The van der Waals surface area contributed by atoms with Crippen LogP contribution in [0.25, 0.3) is 10.1 Å². The summed E-state index contributed by atoms with van der Waals surface area (Å²) < 4.78 is 24.7. The second-order valence-electron chi connectivity index (χ2n) is 5.35. The van der Waals surface area contributed by atoms with Crippen LogP contribution < -0.4 is 10.1 Å². The number of rotatable bonds is 7. The largest absolute Gasteiger partial charge is 0.492 e. The van der Waals surface area contributed by atoms with Crippen molar-refractivity contribution in [1.82, 2.24) is 5.32 Å². The predicted molar refractivity (Wildman–Crippen MR) is 97.0 cm³/mol. The topological polar surface area (TPSA) is 64.6 Å². The summed E-state index contributed by atoms with van der Waals surface area (Å²) in [4.78, 5) is 24.0. The van der Waals surface area contributed by atoms with Crippen molar-refractivity contribution < 1.29 is 23.5 Å². The lowest BCUT2D eigenvalue weighted by atomic mass is 10.2. The second kappa shape index (κ2) is 8.44. The number of hydrogen-bond acceptors (Lipinski definition) is 5. The summed E-state index contributed by atoms with van der Waals surface area (Å²) in [6.45, 7) is 0.194. The number of carbonyl (C=O) groups is 2. The minimum absolute atomic E-state index is 0.255. The average Bonchev–Trinajstić information content (AvgIpc) is 3.10. The van der Waals surface area contributed by atoms with Crippen LogP contribution in [0.1, 0.15) is 9.67 Å². The zero-order valence-electron chi connectivity index (χ0n) is 13.7. The van der Waals surface area contributed by atoms with Crippen LogP contribution >= 0.6 is 11.3 Å². The van der Waals surface area contributed by atoms with E-state index in [1.54, 1.807) is 12.1 Å². The number of halogens is 1. The number of nitrogens with one attached hydrogen (secondary N) is 1. The minimum Gasteiger partial charge on any atom is -0.492 e. The van der Waals surface area contributed by atoms with E-state index >= 15 is 0 Å². The van der Waals surface area contributed by atoms with E-state index in [2.05, 4.69) is 5.32 Å². The Labute approximate surface area is 153 Å². The number of benzene rings is 2. The van der Waals surface area contributed by atoms with E-state index in [4.69, 9.17) is 9.47 Å². The van der Waals surface area contributed by atoms with Gasteiger partial charge in [-0.2, -0.15) is 0 Å². The van der Waals surface area contributed by atoms with E-state index in [0.717, 1.165) is 11.3 Å². The fourth-order valence-corrected chi connectivity index (χ4v) is 3.22. The molecule has 1 amide bonds. The molecule has 134 valence electrons. The lowest BCUT2D eigenvalue weighted by Crippen LogP contribution is -2.32. The van der Waals surface area contributed by atoms with Gasteiger partial charge in [0, 0.05) is 10.1 Å². The molecule has 0 spiro atoms. The number of amides is 1. The van der Waals surface area contributed by atoms with Crippen LogP contribution in [0.3, 0.4) is 0 Å². The molecule has 1 N–H and O–H groups in total. The van der Waals surface area contributed by atoms with E-state index in [1.165, 1.54) is 12.1 Å². The second-order valence-corrected chi connectivity index (χ2v) is 6.43. The number of para-hydroxylation sites is 1. The van der Waals surface area contributed by atoms with E-state index in [1.807, 2.05) is 30.3 Å². The molecule has 26 heavy (non-hydrogen) atoms. The Bertz CT molecular complexity index is 910. The van der Waals surface area contributed by atoms with Crippen LogP contribution in [0.2, 0.25) is 0 Å². The predicted octanol–water partition coefficient (Wildman–Crippen LogP) is 3.39. The number of esters is 1. The van der Waals surface area contributed by atoms with Gasteiger partial charge in [0.05, 0.1) is 6.54 Å². The van der Waals surface area contributed by atoms with Crippen LogP contribution in [0.15, 0.2) is 54.6 Å². The van der Waals surface area contributed by atoms with Gasteiger partial charge in [0.2, 0.25) is 0 Å². The van der Waals surface area contributed by atoms with Gasteiger partial charge in [0.15, 0.2) is 6.61 Å². The Kier molecular flexibility index (Phi) is 5.80. The average molecular weight is 373 g/mol. The van der Waals surface area contributed by atoms with Gasteiger partial charge in [-0.25, -0.2) is 9.18 Å². The van der Waals surface area contributed by atoms with Gasteiger partial charge in [-0.3, -0.25) is 4.79 Å². The Balaban J connectivity index is 1.42. The van der Waals surface area contributed by atoms with Crippen molar-refractivity contribution in [2.24, 2.45) is 0 Å². The van der Waals surface area contributed by atoms with Crippen molar-refractivity contribution in [3.63, 3.8) is 0 Å². The fourth-order valence-electron chi connectivity index (χ4n) is 2.26. The Morgan fingerprint density at radius 1 is 1.08 bits per heavy atom. The zero-order chi connectivity index (χ0) is 18.4. The Morgan fingerprint density at radius 2 is 1.88 bits per heavy atom. The van der Waals surface area contributed by atoms with Crippen molar-refractivity contribution >= 4 is 33.3 Å². The molecule has 0 unspecified atom stereocenters. The molecule has 0 aliphatic carbocycles. The molecular formula is C19H16FNO4S. The first kappa shape index (κ1) is 17.9. The highest BCUT2D eigenvalue weighted by Gasteiger charge is 2.15. The van der Waals surface area contributed by atoms with Crippen LogP contribution in [-0.2, 0) is 9.53 Å². The molecule has 7 heteroatoms. The Morgan fingerprint density at radius 3 is 2.65 bits per heavy atom. The Hall–Kier alpha value is -2.93. The van der Waals surface area contributed by atoms with Crippen molar-refractivity contribution in [1.29, 1.82) is 0 Å². The molecule has 1 aromatic heterocycles. The van der Waals surface area contributed by atoms with Crippen molar-refractivity contribution in [2.75, 3.05) is 19.8 Å². The molecule has 3 rings (SSSR count). The van der Waals surface area contributed by atoms with Crippen molar-refractivity contribution in [3.8, 4) is 5.75 Å². The molecule has 3 aromatic rings. The van der Waals surface area contributed by atoms with E-state index < -0.39 is 24.3 Å². The molecule has 0 bridgehead atoms. The summed E-state index contributed by atoms with van der Waals surface area (Å²) in [5.41, 5.74) is 0. The van der Waals surface area contributed by atoms with Gasteiger partial charge in [-0.1, -0.05) is 24.3 Å². The molecule has 0 fully saturated rings. The summed E-state index contributed by atoms with van der Waals surface area (Å²) in [5.74, 6) is -0.761. The summed E-state index contributed by atoms with van der Waals surface area (Å²) in [5, 5.41) is 2.97. The van der Waals surface area contributed by atoms with Gasteiger partial charge in [0.1, 0.15) is 23.1 Å². The maximum absolute atomic E-state index is 13.7. The molecule has 0 saturated carbocycles. The molecule has 0 aliphatic heterocycles. The zero-order valence-corrected chi connectivity index (χ0v) is 14.6. The summed E-state index contributed by atoms with van der Waals surface area (Å²) in [6.07, 6.45) is 0. The lowest BCUT2D eigenvalue weighted by Gasteiger charge is -2.07. The molecule has 0 saturated heterocycles. The SMILES string of the molecule is O=C(COC(=O)c1cc2c(F)cccc2s1)NCCOc1ccccc1. The molecule has 1 heterocycles. The molecule has 0 aliphatic rings. The standard InChI is InChI=1S/C19H16FNO4S/c20-15-7-4-8-16-14(15)11-17(26-16)19(23)25-12-18(22)21-9-10-24-13-5-2-1-3-6-13/h1-8,11H,9-10,12H2,(H,21,22). The highest BCUT2D eigenvalue weighted by molar-refractivity contribution is 7.20. The highest BCUT2D eigenvalue weighted by Crippen LogP contribution is 2.28. The normalized spacial score (nSPS) is 10.5. The number of fused-ring (bicyclic) bond motifs is 1. The van der Waals surface area contributed by atoms with Crippen LogP contribution in [0.5, 0.6) is 5.75 Å². The number of ether oxygens (including phenoxy) is 2. The van der Waals surface area contributed by atoms with E-state index in [-0.39, 0.29) is 4.88 Å². The fraction of sp³-hybridized carbons (Fsp3) is 0.158. The first-order valence-electron chi connectivity index (χ1n) is 7.93. The summed E-state index contributed by atoms with van der Waals surface area (Å²) >= 11 is 1.12. The summed E-state index contributed by atoms with van der Waals surface area (Å²) in [6, 6.07) is 15.3. The van der Waals surface area contributed by atoms with Crippen molar-refractivity contribution in [2.45, 2.75) is 0 Å². The monoisotopic (exact) mass is 373 g/mol. The molecular weight excluding hydrogens is 357 g/mol. The molecule has 5 nitrogen and oxygen atoms in total. The lowest BCUT2D eigenvalue weighted by molar-refractivity contribution is -0.124. The third-order valence-electron chi connectivity index (χ3n) is 3.48. The van der Waals surface area contributed by atoms with Crippen LogP contribution in [-0.4, -0.2) is 31.6 Å². The van der Waals surface area contributed by atoms with Gasteiger partial charge >= 0.3 is 5.97 Å². The maximum Gasteiger partial charge on any atom is 0.348 e. The summed E-state index contributed by atoms with van der Waals surface area (Å²) in [7, 11) is 0. The third kappa shape index (κ3) is 4.58. The first-order chi connectivity index (χ1) is 12.6. The van der Waals surface area contributed by atoms with Crippen LogP contribution in [0, 0.1) is 5.82 Å². The maximum atomic E-state index is 13.7. The van der Waals surface area contributed by atoms with E-state index in [0.29, 0.717) is 29.0 Å². The number of carbonyl (C=O) groups excluding carboxylic acids is 2. The minimum atomic E-state index is -0.652. The molecule has 0 atom stereocenters. The van der Waals surface area contributed by atoms with Gasteiger partial charge < -0.3 is 14.8 Å². The first-order valence-corrected chi connectivity index (χ1v) is 8.75. The smallest absolute Gasteiger partial charge is 0.348 e. The van der Waals surface area contributed by atoms with Crippen LogP contribution in [0.4, 0.5) is 4.39 Å². The number of thiophene rings is 1. The molecule has 0 radical (unpaired) electrons. The van der Waals surface area contributed by atoms with Gasteiger partial charge in [-0.15, -0.1) is 11.3 Å². The highest BCUT2D eigenvalue weighted by atomic mass is 32.1. The van der Waals surface area contributed by atoms with Gasteiger partial charge in [-0.05, 0) is 30.3 Å². The quantitative estimate of drug-likeness (QED) is 0.509. The number of hydrogen-bond donors (Lipinski definition) is 1. The van der Waals surface area contributed by atoms with Gasteiger partial charge in [0.25, 0.3) is 5.91 Å². The third-order valence-corrected chi connectivity index (χ3v) is 4.56. The van der Waals surface area contributed by atoms with E-state index in [9.17, 15) is 14.0 Å². The van der Waals surface area contributed by atoms with Crippen molar-refractivity contribution in [3.05, 3.63) is 65.3 Å².